The number of nitrogens with zero attached hydrogens (tertiary/aromatic N) is 7. The number of aryl methyl sites for hydroxylation is 2. The Labute approximate surface area is 163 Å². The van der Waals surface area contributed by atoms with Gasteiger partial charge in [-0.2, -0.15) is 5.26 Å². The molecule has 0 atom stereocenters. The third-order valence-electron chi connectivity index (χ3n) is 4.95. The van der Waals surface area contributed by atoms with E-state index in [1.54, 1.807) is 11.6 Å². The van der Waals surface area contributed by atoms with Gasteiger partial charge in [-0.15, -0.1) is 0 Å². The zero-order valence-electron chi connectivity index (χ0n) is 16.0. The highest BCUT2D eigenvalue weighted by Crippen LogP contribution is 2.22. The Balaban J connectivity index is 1.88. The smallest absolute Gasteiger partial charge is 0.332 e. The molecule has 10 nitrogen and oxygen atoms in total. The van der Waals surface area contributed by atoms with Crippen LogP contribution in [-0.4, -0.2) is 33.3 Å². The molecule has 0 saturated carbocycles. The van der Waals surface area contributed by atoms with Gasteiger partial charge >= 0.3 is 5.69 Å². The second-order valence-electron chi connectivity index (χ2n) is 6.67. The summed E-state index contributed by atoms with van der Waals surface area (Å²) >= 11 is 0. The summed E-state index contributed by atoms with van der Waals surface area (Å²) in [6.07, 6.45) is 1.35. The minimum atomic E-state index is -0.533. The maximum atomic E-state index is 12.6. The summed E-state index contributed by atoms with van der Waals surface area (Å²) in [5, 5.41) is 20.4. The monoisotopic (exact) mass is 391 g/mol. The minimum Gasteiger partial charge on any atom is -0.509 e. The standard InChI is InChI=1S/C19H17N7O3/c1-23-13-7-5-4-6-12(13)22-16(23)11(8-20)14(27)9-26-10-21-17-15(26)18(28)25(3)19(29)24(17)2/h4-7,10,27H,9H2,1-3H3/b14-11-. The predicted octanol–water partition coefficient (Wildman–Crippen LogP) is 0.813. The molecular weight excluding hydrogens is 374 g/mol. The number of aliphatic hydroxyl groups excluding tert-OH is 1. The topological polar surface area (TPSA) is 124 Å². The fourth-order valence-corrected chi connectivity index (χ4v) is 3.37. The number of hydrogen-bond donors (Lipinski definition) is 1. The zero-order chi connectivity index (χ0) is 20.9. The number of benzene rings is 1. The first-order chi connectivity index (χ1) is 13.8. The molecular formula is C19H17N7O3. The normalized spacial score (nSPS) is 12.3. The quantitative estimate of drug-likeness (QED) is 0.407. The van der Waals surface area contributed by atoms with Crippen molar-refractivity contribution in [2.45, 2.75) is 6.54 Å². The molecule has 1 aromatic carbocycles. The van der Waals surface area contributed by atoms with Gasteiger partial charge in [0.05, 0.1) is 23.9 Å². The van der Waals surface area contributed by atoms with Crippen LogP contribution >= 0.6 is 0 Å². The van der Waals surface area contributed by atoms with E-state index in [-0.39, 0.29) is 29.0 Å². The molecule has 0 saturated heterocycles. The average Bonchev–Trinajstić information content (AvgIpc) is 3.27. The summed E-state index contributed by atoms with van der Waals surface area (Å²) in [5.74, 6) is 0.0528. The molecule has 0 aliphatic heterocycles. The third kappa shape index (κ3) is 2.63. The molecule has 0 amide bonds. The van der Waals surface area contributed by atoms with Gasteiger partial charge in [0.2, 0.25) is 0 Å². The summed E-state index contributed by atoms with van der Waals surface area (Å²) in [6.45, 7) is -0.171. The van der Waals surface area contributed by atoms with Gasteiger partial charge in [-0.25, -0.2) is 14.8 Å². The van der Waals surface area contributed by atoms with Crippen LogP contribution in [0.25, 0.3) is 27.8 Å². The van der Waals surface area contributed by atoms with Crippen molar-refractivity contribution in [2.24, 2.45) is 21.1 Å². The highest BCUT2D eigenvalue weighted by molar-refractivity contribution is 5.83. The van der Waals surface area contributed by atoms with Crippen molar-refractivity contribution in [3.8, 4) is 6.07 Å². The fraction of sp³-hybridized carbons (Fsp3) is 0.211. The van der Waals surface area contributed by atoms with E-state index in [2.05, 4.69) is 9.97 Å². The predicted molar refractivity (Wildman–Crippen MR) is 106 cm³/mol. The van der Waals surface area contributed by atoms with Crippen LogP contribution in [0.4, 0.5) is 0 Å². The van der Waals surface area contributed by atoms with Crippen LogP contribution in [0.5, 0.6) is 0 Å². The molecule has 10 heteroatoms. The van der Waals surface area contributed by atoms with Crippen molar-refractivity contribution in [3.05, 3.63) is 63.0 Å². The molecule has 3 aromatic heterocycles. The number of imidazole rings is 2. The van der Waals surface area contributed by atoms with Crippen molar-refractivity contribution in [1.29, 1.82) is 5.26 Å². The van der Waals surface area contributed by atoms with Crippen LogP contribution in [0.15, 0.2) is 45.9 Å². The molecule has 0 radical (unpaired) electrons. The summed E-state index contributed by atoms with van der Waals surface area (Å²) in [5.41, 5.74) is 0.838. The molecule has 29 heavy (non-hydrogen) atoms. The van der Waals surface area contributed by atoms with Crippen LogP contribution in [0.1, 0.15) is 5.82 Å². The molecule has 1 N–H and O–H groups in total. The lowest BCUT2D eigenvalue weighted by molar-refractivity contribution is 0.380. The highest BCUT2D eigenvalue weighted by atomic mass is 16.3. The Bertz CT molecular complexity index is 1470. The lowest BCUT2D eigenvalue weighted by Crippen LogP contribution is -2.37. The van der Waals surface area contributed by atoms with E-state index >= 15 is 0 Å². The van der Waals surface area contributed by atoms with E-state index in [4.69, 9.17) is 0 Å². The number of nitriles is 1. The second-order valence-corrected chi connectivity index (χ2v) is 6.67. The lowest BCUT2D eigenvalue weighted by Gasteiger charge is -2.08. The van der Waals surface area contributed by atoms with Gasteiger partial charge in [-0.3, -0.25) is 13.9 Å². The first-order valence-electron chi connectivity index (χ1n) is 8.70. The van der Waals surface area contributed by atoms with Gasteiger partial charge in [0, 0.05) is 21.1 Å². The minimum absolute atomic E-state index is 0.00723. The molecule has 0 fully saturated rings. The Morgan fingerprint density at radius 3 is 2.55 bits per heavy atom. The molecule has 3 heterocycles. The summed E-state index contributed by atoms with van der Waals surface area (Å²) in [7, 11) is 4.64. The first-order valence-corrected chi connectivity index (χ1v) is 8.70. The Morgan fingerprint density at radius 1 is 1.14 bits per heavy atom. The number of rotatable bonds is 3. The van der Waals surface area contributed by atoms with Crippen LogP contribution in [-0.2, 0) is 27.7 Å². The van der Waals surface area contributed by atoms with E-state index < -0.39 is 11.2 Å². The van der Waals surface area contributed by atoms with Gasteiger partial charge < -0.3 is 14.2 Å². The molecule has 4 rings (SSSR count). The first kappa shape index (κ1) is 18.2. The summed E-state index contributed by atoms with van der Waals surface area (Å²) < 4.78 is 5.36. The molecule has 0 aliphatic rings. The number of aromatic nitrogens is 6. The van der Waals surface area contributed by atoms with Crippen molar-refractivity contribution < 1.29 is 5.11 Å². The molecule has 0 unspecified atom stereocenters. The number of para-hydroxylation sites is 2. The SMILES string of the molecule is Cn1c(=O)c2c(ncn2C/C(O)=C(\C#N)c2nc3ccccc3n2C)n(C)c1=O. The van der Waals surface area contributed by atoms with Crippen molar-refractivity contribution >= 4 is 27.8 Å². The average molecular weight is 391 g/mol. The lowest BCUT2D eigenvalue weighted by atomic mass is 10.2. The van der Waals surface area contributed by atoms with Crippen molar-refractivity contribution in [1.82, 2.24) is 28.2 Å². The molecule has 4 aromatic rings. The number of aliphatic hydroxyl groups is 1. The maximum absolute atomic E-state index is 12.6. The van der Waals surface area contributed by atoms with Gasteiger partial charge in [0.25, 0.3) is 5.56 Å². The van der Waals surface area contributed by atoms with E-state index in [1.807, 2.05) is 30.3 Å². The number of allylic oxidation sites excluding steroid dienone is 2. The molecule has 146 valence electrons. The maximum Gasteiger partial charge on any atom is 0.332 e. The van der Waals surface area contributed by atoms with Crippen LogP contribution in [0, 0.1) is 11.3 Å². The number of hydrogen-bond acceptors (Lipinski definition) is 6. The van der Waals surface area contributed by atoms with Crippen LogP contribution in [0.3, 0.4) is 0 Å². The van der Waals surface area contributed by atoms with E-state index in [0.29, 0.717) is 11.3 Å². The Hall–Kier alpha value is -4.13. The second kappa shape index (κ2) is 6.49. The Kier molecular flexibility index (Phi) is 4.08. The highest BCUT2D eigenvalue weighted by Gasteiger charge is 2.19. The largest absolute Gasteiger partial charge is 0.509 e. The number of fused-ring (bicyclic) bond motifs is 2. The zero-order valence-corrected chi connectivity index (χ0v) is 16.0. The van der Waals surface area contributed by atoms with Crippen LogP contribution in [0.2, 0.25) is 0 Å². The van der Waals surface area contributed by atoms with Gasteiger partial charge in [0.1, 0.15) is 17.4 Å². The van der Waals surface area contributed by atoms with Gasteiger partial charge in [0.15, 0.2) is 17.0 Å². The molecule has 0 spiro atoms. The van der Waals surface area contributed by atoms with Gasteiger partial charge in [-0.05, 0) is 12.1 Å². The van der Waals surface area contributed by atoms with Crippen LogP contribution < -0.4 is 11.2 Å². The van der Waals surface area contributed by atoms with Crippen molar-refractivity contribution in [3.63, 3.8) is 0 Å². The van der Waals surface area contributed by atoms with Crippen molar-refractivity contribution in [2.75, 3.05) is 0 Å². The van der Waals surface area contributed by atoms with E-state index in [1.165, 1.54) is 29.6 Å². The van der Waals surface area contributed by atoms with E-state index in [0.717, 1.165) is 10.1 Å². The fourth-order valence-electron chi connectivity index (χ4n) is 3.37. The van der Waals surface area contributed by atoms with E-state index in [9.17, 15) is 20.0 Å². The molecule has 0 aliphatic carbocycles. The Morgan fingerprint density at radius 2 is 1.86 bits per heavy atom. The summed E-state index contributed by atoms with van der Waals surface area (Å²) in [4.78, 5) is 33.2. The summed E-state index contributed by atoms with van der Waals surface area (Å²) in [6, 6.07) is 9.39. The third-order valence-corrected chi connectivity index (χ3v) is 4.95. The molecule has 0 bridgehead atoms. The van der Waals surface area contributed by atoms with Gasteiger partial charge in [-0.1, -0.05) is 12.1 Å².